The predicted molar refractivity (Wildman–Crippen MR) is 102 cm³/mol. The lowest BCUT2D eigenvalue weighted by Gasteiger charge is -2.09. The Hall–Kier alpha value is -2.88. The molecular weight excluding hydrogens is 438 g/mol. The molecule has 4 nitrogen and oxygen atoms in total. The molecule has 0 aliphatic heterocycles. The molecule has 11 heteroatoms. The number of ether oxygens (including phenoxy) is 2. The Kier molecular flexibility index (Phi) is 7.99. The SMILES string of the molecule is FC(F)(F)Oc1ccc(/C=C/C(CCCl)=N\Nc2ccc(OC(F)(F)F)cc2)cc1. The molecule has 2 rings (SSSR count). The fourth-order valence-corrected chi connectivity index (χ4v) is 2.31. The highest BCUT2D eigenvalue weighted by Gasteiger charge is 2.31. The Labute approximate surface area is 172 Å². The lowest BCUT2D eigenvalue weighted by Crippen LogP contribution is -2.16. The van der Waals surface area contributed by atoms with Crippen molar-refractivity contribution in [3.05, 3.63) is 60.2 Å². The van der Waals surface area contributed by atoms with Gasteiger partial charge in [-0.2, -0.15) is 5.10 Å². The minimum atomic E-state index is -4.78. The third-order valence-corrected chi connectivity index (χ3v) is 3.54. The van der Waals surface area contributed by atoms with Gasteiger partial charge < -0.3 is 9.47 Å². The van der Waals surface area contributed by atoms with E-state index < -0.39 is 12.7 Å². The average molecular weight is 453 g/mol. The smallest absolute Gasteiger partial charge is 0.406 e. The summed E-state index contributed by atoms with van der Waals surface area (Å²) in [6, 6.07) is 10.2. The zero-order valence-corrected chi connectivity index (χ0v) is 15.9. The normalized spacial score (nSPS) is 12.8. The van der Waals surface area contributed by atoms with Crippen LogP contribution >= 0.6 is 11.6 Å². The molecule has 0 aliphatic carbocycles. The van der Waals surface area contributed by atoms with Crippen molar-refractivity contribution in [1.29, 1.82) is 0 Å². The third-order valence-electron chi connectivity index (χ3n) is 3.35. The van der Waals surface area contributed by atoms with Crippen molar-refractivity contribution in [2.24, 2.45) is 5.10 Å². The highest BCUT2D eigenvalue weighted by atomic mass is 35.5. The van der Waals surface area contributed by atoms with Gasteiger partial charge in [-0.15, -0.1) is 37.9 Å². The van der Waals surface area contributed by atoms with E-state index in [-0.39, 0.29) is 17.4 Å². The summed E-state index contributed by atoms with van der Waals surface area (Å²) in [5, 5.41) is 4.13. The van der Waals surface area contributed by atoms with Gasteiger partial charge in [0.1, 0.15) is 11.5 Å². The summed E-state index contributed by atoms with van der Waals surface area (Å²) in [4.78, 5) is 0. The van der Waals surface area contributed by atoms with E-state index in [0.29, 0.717) is 23.4 Å². The van der Waals surface area contributed by atoms with Crippen LogP contribution in [0.3, 0.4) is 0 Å². The first-order valence-corrected chi connectivity index (χ1v) is 8.86. The topological polar surface area (TPSA) is 42.8 Å². The maximum Gasteiger partial charge on any atom is 0.573 e. The lowest BCUT2D eigenvalue weighted by atomic mass is 10.1. The van der Waals surface area contributed by atoms with E-state index in [1.165, 1.54) is 36.4 Å². The molecule has 0 atom stereocenters. The van der Waals surface area contributed by atoms with Gasteiger partial charge in [0, 0.05) is 12.3 Å². The second-order valence-corrected chi connectivity index (χ2v) is 6.05. The number of nitrogens with zero attached hydrogens (tertiary/aromatic N) is 1. The molecule has 0 amide bonds. The van der Waals surface area contributed by atoms with E-state index in [9.17, 15) is 26.3 Å². The van der Waals surface area contributed by atoms with Crippen LogP contribution in [-0.2, 0) is 0 Å². The maximum absolute atomic E-state index is 12.2. The van der Waals surface area contributed by atoms with E-state index in [1.807, 2.05) is 0 Å². The Morgan fingerprint density at radius 3 is 1.83 bits per heavy atom. The highest BCUT2D eigenvalue weighted by molar-refractivity contribution is 6.19. The summed E-state index contributed by atoms with van der Waals surface area (Å²) < 4.78 is 80.6. The third kappa shape index (κ3) is 9.08. The summed E-state index contributed by atoms with van der Waals surface area (Å²) in [6.07, 6.45) is -5.95. The summed E-state index contributed by atoms with van der Waals surface area (Å²) >= 11 is 5.74. The number of alkyl halides is 7. The van der Waals surface area contributed by atoms with Crippen LogP contribution in [0.25, 0.3) is 6.08 Å². The number of benzene rings is 2. The van der Waals surface area contributed by atoms with Gasteiger partial charge in [-0.1, -0.05) is 18.2 Å². The van der Waals surface area contributed by atoms with Crippen molar-refractivity contribution in [2.75, 3.05) is 11.3 Å². The summed E-state index contributed by atoms with van der Waals surface area (Å²) in [5.41, 5.74) is 4.21. The molecule has 2 aromatic carbocycles. The molecule has 2 aromatic rings. The van der Waals surface area contributed by atoms with E-state index in [4.69, 9.17) is 11.6 Å². The molecule has 0 saturated heterocycles. The second kappa shape index (κ2) is 10.2. The van der Waals surface area contributed by atoms with Crippen molar-refractivity contribution in [3.8, 4) is 11.5 Å². The molecule has 30 heavy (non-hydrogen) atoms. The van der Waals surface area contributed by atoms with Crippen LogP contribution in [0, 0.1) is 0 Å². The molecule has 0 radical (unpaired) electrons. The van der Waals surface area contributed by atoms with Gasteiger partial charge in [-0.25, -0.2) is 0 Å². The first-order chi connectivity index (χ1) is 14.0. The molecule has 0 fully saturated rings. The van der Waals surface area contributed by atoms with Gasteiger partial charge in [-0.05, 0) is 48.0 Å². The monoisotopic (exact) mass is 452 g/mol. The Morgan fingerprint density at radius 2 is 1.37 bits per heavy atom. The number of anilines is 1. The molecule has 0 aliphatic rings. The molecule has 0 spiro atoms. The van der Waals surface area contributed by atoms with Gasteiger partial charge in [0.25, 0.3) is 0 Å². The zero-order valence-electron chi connectivity index (χ0n) is 15.1. The number of hydrogen-bond acceptors (Lipinski definition) is 4. The standard InChI is InChI=1S/C19H15ClF6N2O2/c20-12-11-15(4-1-13-2-7-16(8-3-13)29-18(21,22)23)28-27-14-5-9-17(10-6-14)30-19(24,25)26/h1-10,27H,11-12H2/b4-1+,28-15+. The van der Waals surface area contributed by atoms with Gasteiger partial charge in [0.2, 0.25) is 0 Å². The number of nitrogens with one attached hydrogen (secondary N) is 1. The Bertz CT molecular complexity index is 863. The summed E-state index contributed by atoms with van der Waals surface area (Å²) in [7, 11) is 0. The number of rotatable bonds is 8. The molecule has 162 valence electrons. The van der Waals surface area contributed by atoms with E-state index in [1.54, 1.807) is 12.2 Å². The van der Waals surface area contributed by atoms with Crippen LogP contribution in [-0.4, -0.2) is 24.3 Å². The Balaban J connectivity index is 2.01. The van der Waals surface area contributed by atoms with Gasteiger partial charge in [-0.3, -0.25) is 5.43 Å². The largest absolute Gasteiger partial charge is 0.573 e. The average Bonchev–Trinajstić information content (AvgIpc) is 2.64. The number of hydrogen-bond donors (Lipinski definition) is 1. The highest BCUT2D eigenvalue weighted by Crippen LogP contribution is 2.24. The molecular formula is C19H15ClF6N2O2. The first-order valence-electron chi connectivity index (χ1n) is 8.32. The minimum absolute atomic E-state index is 0.252. The van der Waals surface area contributed by atoms with Gasteiger partial charge >= 0.3 is 12.7 Å². The first kappa shape index (κ1) is 23.4. The summed E-state index contributed by atoms with van der Waals surface area (Å²) in [5.74, 6) is -0.452. The predicted octanol–water partition coefficient (Wildman–Crippen LogP) is 6.59. The van der Waals surface area contributed by atoms with Crippen LogP contribution in [0.15, 0.2) is 59.7 Å². The van der Waals surface area contributed by atoms with E-state index in [2.05, 4.69) is 20.0 Å². The van der Waals surface area contributed by atoms with Crippen molar-refractivity contribution < 1.29 is 35.8 Å². The van der Waals surface area contributed by atoms with Crippen LogP contribution in [0.2, 0.25) is 0 Å². The van der Waals surface area contributed by atoms with Crippen LogP contribution < -0.4 is 14.9 Å². The molecule has 0 unspecified atom stereocenters. The van der Waals surface area contributed by atoms with E-state index >= 15 is 0 Å². The van der Waals surface area contributed by atoms with Crippen molar-refractivity contribution in [3.63, 3.8) is 0 Å². The van der Waals surface area contributed by atoms with Crippen molar-refractivity contribution >= 4 is 29.1 Å². The molecule has 0 saturated carbocycles. The van der Waals surface area contributed by atoms with Crippen LogP contribution in [0.4, 0.5) is 32.0 Å². The number of halogens is 7. The number of allylic oxidation sites excluding steroid dienone is 1. The van der Waals surface area contributed by atoms with Crippen LogP contribution in [0.5, 0.6) is 11.5 Å². The quantitative estimate of drug-likeness (QED) is 0.212. The van der Waals surface area contributed by atoms with Crippen molar-refractivity contribution in [2.45, 2.75) is 19.1 Å². The Morgan fingerprint density at radius 1 is 0.867 bits per heavy atom. The minimum Gasteiger partial charge on any atom is -0.406 e. The van der Waals surface area contributed by atoms with E-state index in [0.717, 1.165) is 12.1 Å². The molecule has 0 bridgehead atoms. The molecule has 0 aromatic heterocycles. The fourth-order valence-electron chi connectivity index (χ4n) is 2.11. The molecule has 0 heterocycles. The molecule has 1 N–H and O–H groups in total. The van der Waals surface area contributed by atoms with Gasteiger partial charge in [0.05, 0.1) is 11.4 Å². The number of hydrazone groups is 1. The maximum atomic E-state index is 12.2. The second-order valence-electron chi connectivity index (χ2n) is 5.68. The zero-order chi connectivity index (χ0) is 22.2. The lowest BCUT2D eigenvalue weighted by molar-refractivity contribution is -0.275. The van der Waals surface area contributed by atoms with Crippen LogP contribution in [0.1, 0.15) is 12.0 Å². The van der Waals surface area contributed by atoms with Crippen molar-refractivity contribution in [1.82, 2.24) is 0 Å². The summed E-state index contributed by atoms with van der Waals surface area (Å²) in [6.45, 7) is 0. The van der Waals surface area contributed by atoms with Gasteiger partial charge in [0.15, 0.2) is 0 Å². The fraction of sp³-hybridized carbons (Fsp3) is 0.211.